The van der Waals surface area contributed by atoms with Crippen LogP contribution in [0.4, 0.5) is 0 Å². The molecular weight excluding hydrogens is 266 g/mol. The number of carbonyl (C=O) groups is 1. The minimum absolute atomic E-state index is 0.0460. The van der Waals surface area contributed by atoms with E-state index in [1.54, 1.807) is 0 Å². The molecule has 1 aliphatic heterocycles. The Labute approximate surface area is 129 Å². The van der Waals surface area contributed by atoms with Gasteiger partial charge >= 0.3 is 0 Å². The minimum Gasteiger partial charge on any atom is -0.355 e. The lowest BCUT2D eigenvalue weighted by atomic mass is 10.2. The highest BCUT2D eigenvalue weighted by Crippen LogP contribution is 2.04. The van der Waals surface area contributed by atoms with E-state index in [-0.39, 0.29) is 11.9 Å². The molecule has 1 saturated heterocycles. The zero-order chi connectivity index (χ0) is 15.2. The van der Waals surface area contributed by atoms with E-state index in [2.05, 4.69) is 21.3 Å². The summed E-state index contributed by atoms with van der Waals surface area (Å²) >= 11 is 0. The van der Waals surface area contributed by atoms with Crippen molar-refractivity contribution >= 4 is 5.91 Å². The Morgan fingerprint density at radius 2 is 1.67 bits per heavy atom. The van der Waals surface area contributed by atoms with Crippen molar-refractivity contribution in [3.8, 4) is 0 Å². The van der Waals surface area contributed by atoms with Crippen LogP contribution >= 0.6 is 0 Å². The Kier molecular flexibility index (Phi) is 11.4. The zero-order valence-corrected chi connectivity index (χ0v) is 13.3. The molecule has 0 saturated carbocycles. The fourth-order valence-electron chi connectivity index (χ4n) is 2.43. The van der Waals surface area contributed by atoms with Gasteiger partial charge in [0.25, 0.3) is 0 Å². The van der Waals surface area contributed by atoms with Gasteiger partial charge in [-0.1, -0.05) is 0 Å². The molecule has 1 amide bonds. The summed E-state index contributed by atoms with van der Waals surface area (Å²) in [6.07, 6.45) is 6.52. The molecule has 0 aromatic carbocycles. The Hall–Kier alpha value is -0.690. The molecular formula is C15H33N5O. The average molecular weight is 299 g/mol. The van der Waals surface area contributed by atoms with Crippen LogP contribution in [0.1, 0.15) is 38.5 Å². The third-order valence-electron chi connectivity index (χ3n) is 3.72. The molecule has 1 fully saturated rings. The Bertz CT molecular complexity index is 256. The summed E-state index contributed by atoms with van der Waals surface area (Å²) in [5.74, 6) is 0.163. The molecule has 6 heteroatoms. The summed E-state index contributed by atoms with van der Waals surface area (Å²) in [6, 6.07) is 0.0460. The fraction of sp³-hybridized carbons (Fsp3) is 0.933. The van der Waals surface area contributed by atoms with Gasteiger partial charge < -0.3 is 27.0 Å². The van der Waals surface area contributed by atoms with Gasteiger partial charge in [0.05, 0.1) is 6.04 Å². The van der Waals surface area contributed by atoms with Gasteiger partial charge in [0.1, 0.15) is 0 Å². The van der Waals surface area contributed by atoms with Crippen LogP contribution in [0, 0.1) is 0 Å². The maximum atomic E-state index is 11.7. The molecule has 1 rings (SSSR count). The van der Waals surface area contributed by atoms with E-state index in [0.29, 0.717) is 0 Å². The highest BCUT2D eigenvalue weighted by Gasteiger charge is 2.20. The minimum atomic E-state index is 0.0460. The van der Waals surface area contributed by atoms with Crippen molar-refractivity contribution in [2.45, 2.75) is 44.6 Å². The molecule has 0 spiro atoms. The Morgan fingerprint density at radius 3 is 2.29 bits per heavy atom. The van der Waals surface area contributed by atoms with Gasteiger partial charge in [0, 0.05) is 6.54 Å². The molecule has 0 aromatic heterocycles. The zero-order valence-electron chi connectivity index (χ0n) is 13.3. The van der Waals surface area contributed by atoms with E-state index in [0.717, 1.165) is 71.5 Å². The van der Waals surface area contributed by atoms with Crippen molar-refractivity contribution in [3.05, 3.63) is 0 Å². The van der Waals surface area contributed by atoms with Crippen LogP contribution in [0.3, 0.4) is 0 Å². The van der Waals surface area contributed by atoms with Crippen LogP contribution in [-0.4, -0.2) is 57.8 Å². The van der Waals surface area contributed by atoms with Crippen LogP contribution in [-0.2, 0) is 4.79 Å². The SMILES string of the molecule is NCCCNCCCCNCCCNC(=O)C1CCCN1. The monoisotopic (exact) mass is 299 g/mol. The molecule has 1 aliphatic rings. The van der Waals surface area contributed by atoms with Crippen molar-refractivity contribution in [3.63, 3.8) is 0 Å². The third kappa shape index (κ3) is 9.79. The first-order valence-corrected chi connectivity index (χ1v) is 8.47. The Balaban J connectivity index is 1.75. The predicted molar refractivity (Wildman–Crippen MR) is 87.3 cm³/mol. The number of rotatable bonds is 13. The van der Waals surface area contributed by atoms with Gasteiger partial charge in [-0.3, -0.25) is 4.79 Å². The predicted octanol–water partition coefficient (Wildman–Crippen LogP) is -0.447. The van der Waals surface area contributed by atoms with Crippen molar-refractivity contribution < 1.29 is 4.79 Å². The van der Waals surface area contributed by atoms with Crippen LogP contribution in [0.5, 0.6) is 0 Å². The first kappa shape index (κ1) is 18.4. The summed E-state index contributed by atoms with van der Waals surface area (Å²) in [5.41, 5.74) is 5.42. The number of hydrogen-bond donors (Lipinski definition) is 5. The number of carbonyl (C=O) groups excluding carboxylic acids is 1. The van der Waals surface area contributed by atoms with Crippen molar-refractivity contribution in [1.82, 2.24) is 21.3 Å². The number of unbranched alkanes of at least 4 members (excludes halogenated alkanes) is 1. The van der Waals surface area contributed by atoms with Gasteiger partial charge in [-0.25, -0.2) is 0 Å². The molecule has 0 aromatic rings. The van der Waals surface area contributed by atoms with Gasteiger partial charge in [0.15, 0.2) is 0 Å². The largest absolute Gasteiger partial charge is 0.355 e. The fourth-order valence-corrected chi connectivity index (χ4v) is 2.43. The molecule has 1 unspecified atom stereocenters. The molecule has 21 heavy (non-hydrogen) atoms. The number of nitrogens with two attached hydrogens (primary N) is 1. The van der Waals surface area contributed by atoms with Crippen LogP contribution in [0.15, 0.2) is 0 Å². The molecule has 0 aliphatic carbocycles. The standard InChI is InChI=1S/C15H33N5O/c16-7-4-10-17-8-1-2-9-18-11-5-13-20-15(21)14-6-3-12-19-14/h14,17-19H,1-13,16H2,(H,20,21). The normalized spacial score (nSPS) is 18.0. The lowest BCUT2D eigenvalue weighted by Crippen LogP contribution is -2.41. The second-order valence-corrected chi connectivity index (χ2v) is 5.64. The quantitative estimate of drug-likeness (QED) is 0.297. The topological polar surface area (TPSA) is 91.2 Å². The summed E-state index contributed by atoms with van der Waals surface area (Å²) in [6.45, 7) is 6.63. The van der Waals surface area contributed by atoms with Gasteiger partial charge in [0.2, 0.25) is 5.91 Å². The summed E-state index contributed by atoms with van der Waals surface area (Å²) in [4.78, 5) is 11.7. The number of hydrogen-bond acceptors (Lipinski definition) is 5. The van der Waals surface area contributed by atoms with Gasteiger partial charge in [-0.2, -0.15) is 0 Å². The summed E-state index contributed by atoms with van der Waals surface area (Å²) in [7, 11) is 0. The van der Waals surface area contributed by atoms with Crippen LogP contribution in [0.2, 0.25) is 0 Å². The van der Waals surface area contributed by atoms with Crippen molar-refractivity contribution in [2.75, 3.05) is 45.8 Å². The lowest BCUT2D eigenvalue weighted by molar-refractivity contribution is -0.122. The van der Waals surface area contributed by atoms with E-state index < -0.39 is 0 Å². The summed E-state index contributed by atoms with van der Waals surface area (Å²) in [5, 5.41) is 13.0. The van der Waals surface area contributed by atoms with E-state index in [9.17, 15) is 4.79 Å². The Morgan fingerprint density at radius 1 is 1.00 bits per heavy atom. The van der Waals surface area contributed by atoms with E-state index in [1.165, 1.54) is 12.8 Å². The number of nitrogens with one attached hydrogen (secondary N) is 4. The molecule has 124 valence electrons. The van der Waals surface area contributed by atoms with Crippen molar-refractivity contribution in [1.29, 1.82) is 0 Å². The maximum Gasteiger partial charge on any atom is 0.237 e. The van der Waals surface area contributed by atoms with E-state index in [4.69, 9.17) is 5.73 Å². The van der Waals surface area contributed by atoms with Crippen molar-refractivity contribution in [2.24, 2.45) is 5.73 Å². The number of amides is 1. The smallest absolute Gasteiger partial charge is 0.237 e. The summed E-state index contributed by atoms with van der Waals surface area (Å²) < 4.78 is 0. The molecule has 1 atom stereocenters. The molecule has 6 N–H and O–H groups in total. The van der Waals surface area contributed by atoms with Gasteiger partial charge in [-0.15, -0.1) is 0 Å². The van der Waals surface area contributed by atoms with Gasteiger partial charge in [-0.05, 0) is 77.8 Å². The second-order valence-electron chi connectivity index (χ2n) is 5.64. The third-order valence-corrected chi connectivity index (χ3v) is 3.72. The van der Waals surface area contributed by atoms with E-state index >= 15 is 0 Å². The van der Waals surface area contributed by atoms with Crippen LogP contribution < -0.4 is 27.0 Å². The lowest BCUT2D eigenvalue weighted by Gasteiger charge is -2.11. The molecule has 0 radical (unpaired) electrons. The van der Waals surface area contributed by atoms with Crippen LogP contribution in [0.25, 0.3) is 0 Å². The molecule has 0 bridgehead atoms. The first-order chi connectivity index (χ1) is 10.3. The first-order valence-electron chi connectivity index (χ1n) is 8.47. The van der Waals surface area contributed by atoms with E-state index in [1.807, 2.05) is 0 Å². The average Bonchev–Trinajstić information content (AvgIpc) is 3.02. The molecule has 6 nitrogen and oxygen atoms in total. The highest BCUT2D eigenvalue weighted by molar-refractivity contribution is 5.81. The second kappa shape index (κ2) is 13.0. The highest BCUT2D eigenvalue weighted by atomic mass is 16.2. The molecule has 1 heterocycles. The maximum absolute atomic E-state index is 11.7.